The predicted octanol–water partition coefficient (Wildman–Crippen LogP) is 5.33. The number of benzene rings is 2. The van der Waals surface area contributed by atoms with Crippen molar-refractivity contribution in [2.45, 2.75) is 26.8 Å². The average Bonchev–Trinajstić information content (AvgIpc) is 3.13. The van der Waals surface area contributed by atoms with Gasteiger partial charge in [0.1, 0.15) is 5.65 Å². The summed E-state index contributed by atoms with van der Waals surface area (Å²) >= 11 is 0. The Labute approximate surface area is 176 Å². The highest BCUT2D eigenvalue weighted by atomic mass is 16.5. The smallest absolute Gasteiger partial charge is 0.334 e. The number of pyridine rings is 1. The van der Waals surface area contributed by atoms with E-state index in [1.165, 1.54) is 5.56 Å². The number of nitrogens with one attached hydrogen (secondary N) is 1. The molecule has 0 bridgehead atoms. The maximum Gasteiger partial charge on any atom is 0.334 e. The number of aryl methyl sites for hydroxylation is 2. The van der Waals surface area contributed by atoms with Gasteiger partial charge in [0.2, 0.25) is 0 Å². The van der Waals surface area contributed by atoms with Gasteiger partial charge >= 0.3 is 5.97 Å². The van der Waals surface area contributed by atoms with Crippen LogP contribution in [-0.2, 0) is 9.53 Å². The largest absolute Gasteiger partial charge is 0.464 e. The minimum Gasteiger partial charge on any atom is -0.464 e. The average molecular weight is 399 g/mol. The second-order valence-corrected chi connectivity index (χ2v) is 7.34. The summed E-state index contributed by atoms with van der Waals surface area (Å²) in [7, 11) is 0. The van der Waals surface area contributed by atoms with Crippen LogP contribution in [0.25, 0.3) is 16.9 Å². The quantitative estimate of drug-likeness (QED) is 0.445. The van der Waals surface area contributed by atoms with Gasteiger partial charge in [0.25, 0.3) is 0 Å². The van der Waals surface area contributed by atoms with Crippen LogP contribution in [0.15, 0.2) is 72.9 Å². The Balaban J connectivity index is 1.89. The van der Waals surface area contributed by atoms with Crippen LogP contribution in [0, 0.1) is 13.8 Å². The summed E-state index contributed by atoms with van der Waals surface area (Å²) in [6.45, 7) is 6.21. The highest BCUT2D eigenvalue weighted by Crippen LogP contribution is 2.32. The Morgan fingerprint density at radius 1 is 1.00 bits per heavy atom. The topological polar surface area (TPSA) is 55.6 Å². The monoisotopic (exact) mass is 399 g/mol. The van der Waals surface area contributed by atoms with Crippen LogP contribution >= 0.6 is 0 Å². The van der Waals surface area contributed by atoms with E-state index in [1.807, 2.05) is 79.0 Å². The Hall–Kier alpha value is -3.60. The van der Waals surface area contributed by atoms with Crippen molar-refractivity contribution in [3.05, 3.63) is 89.7 Å². The molecule has 0 aliphatic rings. The molecule has 152 valence electrons. The summed E-state index contributed by atoms with van der Waals surface area (Å²) < 4.78 is 7.40. The maximum absolute atomic E-state index is 13.1. The highest BCUT2D eigenvalue weighted by Gasteiger charge is 2.29. The molecule has 2 aromatic carbocycles. The molecule has 0 spiro atoms. The number of imidazole rings is 1. The molecule has 0 radical (unpaired) electrons. The summed E-state index contributed by atoms with van der Waals surface area (Å²) in [5, 5.41) is 3.37. The summed E-state index contributed by atoms with van der Waals surface area (Å²) in [6, 6.07) is 21.3. The number of fused-ring (bicyclic) bond motifs is 1. The van der Waals surface area contributed by atoms with Crippen molar-refractivity contribution in [2.24, 2.45) is 0 Å². The second-order valence-electron chi connectivity index (χ2n) is 7.34. The van der Waals surface area contributed by atoms with Gasteiger partial charge in [-0.05, 0) is 45.0 Å². The van der Waals surface area contributed by atoms with Crippen molar-refractivity contribution in [3.8, 4) is 11.3 Å². The zero-order valence-electron chi connectivity index (χ0n) is 17.4. The summed E-state index contributed by atoms with van der Waals surface area (Å²) in [6.07, 6.45) is 1.93. The van der Waals surface area contributed by atoms with Crippen molar-refractivity contribution in [2.75, 3.05) is 11.9 Å². The molecule has 0 saturated heterocycles. The lowest BCUT2D eigenvalue weighted by Crippen LogP contribution is -2.25. The molecule has 4 aromatic rings. The van der Waals surface area contributed by atoms with Crippen LogP contribution in [0.2, 0.25) is 0 Å². The van der Waals surface area contributed by atoms with Crippen LogP contribution in [-0.4, -0.2) is 22.0 Å². The molecule has 0 aliphatic carbocycles. The zero-order valence-corrected chi connectivity index (χ0v) is 17.4. The molecule has 1 unspecified atom stereocenters. The van der Waals surface area contributed by atoms with Gasteiger partial charge in [0.15, 0.2) is 6.04 Å². The van der Waals surface area contributed by atoms with Gasteiger partial charge < -0.3 is 14.5 Å². The fraction of sp³-hybridized carbons (Fsp3) is 0.200. The van der Waals surface area contributed by atoms with Crippen molar-refractivity contribution in [1.29, 1.82) is 0 Å². The number of esters is 1. The molecule has 0 saturated carbocycles. The molecule has 0 fully saturated rings. The number of ether oxygens (including phenoxy) is 1. The second kappa shape index (κ2) is 8.41. The fourth-order valence-electron chi connectivity index (χ4n) is 3.50. The van der Waals surface area contributed by atoms with Gasteiger partial charge in [0, 0.05) is 17.4 Å². The van der Waals surface area contributed by atoms with Crippen LogP contribution in [0.4, 0.5) is 5.69 Å². The summed E-state index contributed by atoms with van der Waals surface area (Å²) in [4.78, 5) is 17.9. The minimum atomic E-state index is -0.707. The van der Waals surface area contributed by atoms with Gasteiger partial charge in [-0.15, -0.1) is 0 Å². The number of hydrogen-bond donors (Lipinski definition) is 1. The van der Waals surface area contributed by atoms with Crippen molar-refractivity contribution in [1.82, 2.24) is 9.38 Å². The molecule has 4 rings (SSSR count). The molecular weight excluding hydrogens is 374 g/mol. The van der Waals surface area contributed by atoms with Crippen molar-refractivity contribution >= 4 is 17.3 Å². The number of aromatic nitrogens is 2. The number of carbonyl (C=O) groups excluding carboxylic acids is 1. The SMILES string of the molecule is CCOC(=O)C(Nc1ccc(C)cc1)c1c(-c2ccc(C)cc2)nc2ccccn12. The molecule has 0 aliphatic heterocycles. The Morgan fingerprint density at radius 3 is 2.33 bits per heavy atom. The van der Waals surface area contributed by atoms with E-state index in [2.05, 4.69) is 24.4 Å². The van der Waals surface area contributed by atoms with E-state index in [0.717, 1.165) is 33.8 Å². The zero-order chi connectivity index (χ0) is 21.1. The molecule has 2 heterocycles. The van der Waals surface area contributed by atoms with Gasteiger partial charge in [-0.3, -0.25) is 0 Å². The van der Waals surface area contributed by atoms with Crippen LogP contribution < -0.4 is 5.32 Å². The van der Waals surface area contributed by atoms with E-state index in [-0.39, 0.29) is 5.97 Å². The molecule has 2 aromatic heterocycles. The van der Waals surface area contributed by atoms with E-state index in [4.69, 9.17) is 9.72 Å². The maximum atomic E-state index is 13.1. The van der Waals surface area contributed by atoms with Crippen LogP contribution in [0.1, 0.15) is 29.8 Å². The lowest BCUT2D eigenvalue weighted by Gasteiger charge is -2.20. The Bertz CT molecular complexity index is 1160. The Kier molecular flexibility index (Phi) is 5.53. The van der Waals surface area contributed by atoms with Gasteiger partial charge in [-0.25, -0.2) is 9.78 Å². The molecule has 1 N–H and O–H groups in total. The first-order valence-electron chi connectivity index (χ1n) is 10.1. The first kappa shape index (κ1) is 19.7. The summed E-state index contributed by atoms with van der Waals surface area (Å²) in [5.74, 6) is -0.336. The molecule has 5 heteroatoms. The summed E-state index contributed by atoms with van der Waals surface area (Å²) in [5.41, 5.74) is 6.43. The lowest BCUT2D eigenvalue weighted by molar-refractivity contribution is -0.144. The molecule has 1 atom stereocenters. The number of hydrogen-bond acceptors (Lipinski definition) is 4. The number of nitrogens with zero attached hydrogens (tertiary/aromatic N) is 2. The van der Waals surface area contributed by atoms with Gasteiger partial charge in [-0.2, -0.15) is 0 Å². The predicted molar refractivity (Wildman–Crippen MR) is 120 cm³/mol. The Morgan fingerprint density at radius 2 is 1.67 bits per heavy atom. The van der Waals surface area contributed by atoms with E-state index < -0.39 is 6.04 Å². The molecule has 5 nitrogen and oxygen atoms in total. The molecular formula is C25H25N3O2. The number of rotatable bonds is 6. The number of anilines is 1. The fourth-order valence-corrected chi connectivity index (χ4v) is 3.50. The van der Waals surface area contributed by atoms with E-state index >= 15 is 0 Å². The third-order valence-electron chi connectivity index (χ3n) is 5.05. The minimum absolute atomic E-state index is 0.307. The first-order chi connectivity index (χ1) is 14.6. The van der Waals surface area contributed by atoms with Crippen molar-refractivity contribution in [3.63, 3.8) is 0 Å². The number of carbonyl (C=O) groups is 1. The van der Waals surface area contributed by atoms with Gasteiger partial charge in [0.05, 0.1) is 18.0 Å². The van der Waals surface area contributed by atoms with Crippen LogP contribution in [0.5, 0.6) is 0 Å². The third kappa shape index (κ3) is 3.92. The van der Waals surface area contributed by atoms with Crippen LogP contribution in [0.3, 0.4) is 0 Å². The first-order valence-corrected chi connectivity index (χ1v) is 10.1. The van der Waals surface area contributed by atoms with E-state index in [0.29, 0.717) is 6.61 Å². The van der Waals surface area contributed by atoms with E-state index in [9.17, 15) is 4.79 Å². The van der Waals surface area contributed by atoms with Gasteiger partial charge in [-0.1, -0.05) is 53.6 Å². The van der Waals surface area contributed by atoms with Crippen molar-refractivity contribution < 1.29 is 9.53 Å². The van der Waals surface area contributed by atoms with E-state index in [1.54, 1.807) is 0 Å². The normalized spacial score (nSPS) is 12.0. The standard InChI is InChI=1S/C25H25N3O2/c1-4-30-25(29)23(26-20-14-10-18(3)11-15-20)24-22(19-12-8-17(2)9-13-19)27-21-7-5-6-16-28(21)24/h5-16,23,26H,4H2,1-3H3. The third-order valence-corrected chi connectivity index (χ3v) is 5.05. The highest BCUT2D eigenvalue weighted by molar-refractivity contribution is 5.84. The molecule has 0 amide bonds. The lowest BCUT2D eigenvalue weighted by atomic mass is 10.0. The molecule has 30 heavy (non-hydrogen) atoms.